The Labute approximate surface area is 127 Å². The quantitative estimate of drug-likeness (QED) is 0.906. The van der Waals surface area contributed by atoms with Crippen LogP contribution in [0.3, 0.4) is 0 Å². The zero-order valence-electron chi connectivity index (χ0n) is 11.3. The van der Waals surface area contributed by atoms with Crippen molar-refractivity contribution in [3.8, 4) is 11.3 Å². The van der Waals surface area contributed by atoms with Gasteiger partial charge in [0.15, 0.2) is 5.13 Å². The summed E-state index contributed by atoms with van der Waals surface area (Å²) in [6, 6.07) is 8.26. The van der Waals surface area contributed by atoms with Crippen LogP contribution in [0.2, 0.25) is 5.02 Å². The van der Waals surface area contributed by atoms with Crippen LogP contribution in [0.4, 0.5) is 5.13 Å². The minimum absolute atomic E-state index is 0.385. The van der Waals surface area contributed by atoms with Crippen molar-refractivity contribution in [2.24, 2.45) is 0 Å². The van der Waals surface area contributed by atoms with Crippen molar-refractivity contribution in [1.29, 1.82) is 0 Å². The highest BCUT2D eigenvalue weighted by molar-refractivity contribution is 7.14. The minimum Gasteiger partial charge on any atom is -0.381 e. The maximum atomic E-state index is 6.20. The molecule has 0 bridgehead atoms. The number of benzene rings is 1. The lowest BCUT2D eigenvalue weighted by atomic mass is 10.2. The first-order valence-corrected chi connectivity index (χ1v) is 8.02. The molecule has 5 heteroatoms. The molecule has 106 valence electrons. The van der Waals surface area contributed by atoms with E-state index in [1.54, 1.807) is 18.4 Å². The molecule has 1 N–H and O–H groups in total. The van der Waals surface area contributed by atoms with Gasteiger partial charge < -0.3 is 10.1 Å². The van der Waals surface area contributed by atoms with E-state index in [9.17, 15) is 0 Å². The van der Waals surface area contributed by atoms with Gasteiger partial charge in [0.05, 0.1) is 11.8 Å². The van der Waals surface area contributed by atoms with Gasteiger partial charge in [-0.15, -0.1) is 11.3 Å². The molecule has 2 aromatic rings. The number of aromatic nitrogens is 1. The molecule has 1 fully saturated rings. The summed E-state index contributed by atoms with van der Waals surface area (Å²) in [6.45, 7) is 0. The van der Waals surface area contributed by atoms with Crippen LogP contribution in [0.5, 0.6) is 0 Å². The Bertz CT molecular complexity index is 587. The molecule has 3 nitrogen and oxygen atoms in total. The van der Waals surface area contributed by atoms with E-state index in [-0.39, 0.29) is 0 Å². The molecule has 0 saturated heterocycles. The SMILES string of the molecule is COC1CCC(Nc2nc(-c3ccccc3Cl)cs2)C1. The van der Waals surface area contributed by atoms with Gasteiger partial charge in [-0.05, 0) is 25.3 Å². The number of halogens is 1. The third-order valence-corrected chi connectivity index (χ3v) is 4.80. The lowest BCUT2D eigenvalue weighted by Crippen LogP contribution is -2.17. The predicted molar refractivity (Wildman–Crippen MR) is 84.6 cm³/mol. The molecule has 20 heavy (non-hydrogen) atoms. The van der Waals surface area contributed by atoms with Crippen LogP contribution in [0.25, 0.3) is 11.3 Å². The normalized spacial score (nSPS) is 22.1. The van der Waals surface area contributed by atoms with Crippen LogP contribution in [0.1, 0.15) is 19.3 Å². The maximum Gasteiger partial charge on any atom is 0.183 e. The third-order valence-electron chi connectivity index (χ3n) is 3.70. The highest BCUT2D eigenvalue weighted by Crippen LogP contribution is 2.32. The van der Waals surface area contributed by atoms with Crippen molar-refractivity contribution < 1.29 is 4.74 Å². The first-order chi connectivity index (χ1) is 9.76. The Hall–Kier alpha value is -1.10. The van der Waals surface area contributed by atoms with E-state index in [4.69, 9.17) is 16.3 Å². The predicted octanol–water partition coefficient (Wildman–Crippen LogP) is 4.44. The monoisotopic (exact) mass is 308 g/mol. The first kappa shape index (κ1) is 13.9. The van der Waals surface area contributed by atoms with Crippen LogP contribution >= 0.6 is 22.9 Å². The lowest BCUT2D eigenvalue weighted by molar-refractivity contribution is 0.108. The van der Waals surface area contributed by atoms with Crippen molar-refractivity contribution in [3.63, 3.8) is 0 Å². The van der Waals surface area contributed by atoms with E-state index in [2.05, 4.69) is 10.3 Å². The number of methoxy groups -OCH3 is 1. The number of nitrogens with zero attached hydrogens (tertiary/aromatic N) is 1. The van der Waals surface area contributed by atoms with Gasteiger partial charge in [0.2, 0.25) is 0 Å². The largest absolute Gasteiger partial charge is 0.381 e. The van der Waals surface area contributed by atoms with Crippen molar-refractivity contribution >= 4 is 28.1 Å². The number of rotatable bonds is 4. The van der Waals surface area contributed by atoms with Gasteiger partial charge in [-0.2, -0.15) is 0 Å². The Kier molecular flexibility index (Phi) is 4.24. The van der Waals surface area contributed by atoms with Crippen LogP contribution < -0.4 is 5.32 Å². The summed E-state index contributed by atoms with van der Waals surface area (Å²) in [5, 5.41) is 7.25. The number of anilines is 1. The van der Waals surface area contributed by atoms with Crippen LogP contribution in [0.15, 0.2) is 29.6 Å². The second kappa shape index (κ2) is 6.12. The Balaban J connectivity index is 1.70. The van der Waals surface area contributed by atoms with E-state index in [1.807, 2.05) is 29.6 Å². The van der Waals surface area contributed by atoms with Gasteiger partial charge in [-0.3, -0.25) is 0 Å². The number of hydrogen-bond acceptors (Lipinski definition) is 4. The maximum absolute atomic E-state index is 6.20. The first-order valence-electron chi connectivity index (χ1n) is 6.76. The molecule has 0 amide bonds. The van der Waals surface area contributed by atoms with E-state index < -0.39 is 0 Å². The molecule has 1 heterocycles. The van der Waals surface area contributed by atoms with Crippen LogP contribution in [-0.4, -0.2) is 24.2 Å². The van der Waals surface area contributed by atoms with Gasteiger partial charge in [-0.1, -0.05) is 29.8 Å². The van der Waals surface area contributed by atoms with Crippen molar-refractivity contribution in [2.45, 2.75) is 31.4 Å². The Morgan fingerprint density at radius 3 is 2.95 bits per heavy atom. The molecule has 0 aliphatic heterocycles. The summed E-state index contributed by atoms with van der Waals surface area (Å²) in [5.74, 6) is 0. The van der Waals surface area contributed by atoms with Crippen LogP contribution in [-0.2, 0) is 4.74 Å². The molecular formula is C15H17ClN2OS. The van der Waals surface area contributed by atoms with Gasteiger partial charge in [-0.25, -0.2) is 4.98 Å². The molecule has 0 spiro atoms. The summed E-state index contributed by atoms with van der Waals surface area (Å²) in [6.07, 6.45) is 3.70. The molecule has 3 rings (SSSR count). The van der Waals surface area contributed by atoms with Gasteiger partial charge >= 0.3 is 0 Å². The molecule has 1 aliphatic carbocycles. The number of thiazole rings is 1. The number of hydrogen-bond donors (Lipinski definition) is 1. The smallest absolute Gasteiger partial charge is 0.183 e. The molecule has 2 unspecified atom stereocenters. The standard InChI is InChI=1S/C15H17ClN2OS/c1-19-11-7-6-10(8-11)17-15-18-14(9-20-15)12-4-2-3-5-13(12)16/h2-5,9-11H,6-8H2,1H3,(H,17,18). The molecule has 1 saturated carbocycles. The summed E-state index contributed by atoms with van der Waals surface area (Å²) < 4.78 is 5.39. The summed E-state index contributed by atoms with van der Waals surface area (Å²) in [7, 11) is 1.78. The van der Waals surface area contributed by atoms with E-state index in [0.717, 1.165) is 40.7 Å². The van der Waals surface area contributed by atoms with Gasteiger partial charge in [0.25, 0.3) is 0 Å². The molecular weight excluding hydrogens is 292 g/mol. The van der Waals surface area contributed by atoms with E-state index >= 15 is 0 Å². The Morgan fingerprint density at radius 1 is 1.35 bits per heavy atom. The summed E-state index contributed by atoms with van der Waals surface area (Å²) in [5.41, 5.74) is 1.92. The van der Waals surface area contributed by atoms with E-state index in [0.29, 0.717) is 12.1 Å². The van der Waals surface area contributed by atoms with Gasteiger partial charge in [0, 0.05) is 29.1 Å². The summed E-state index contributed by atoms with van der Waals surface area (Å²) in [4.78, 5) is 4.64. The molecule has 1 aliphatic rings. The fourth-order valence-electron chi connectivity index (χ4n) is 2.59. The number of nitrogens with one attached hydrogen (secondary N) is 1. The van der Waals surface area contributed by atoms with Crippen molar-refractivity contribution in [2.75, 3.05) is 12.4 Å². The average molecular weight is 309 g/mol. The molecule has 0 radical (unpaired) electrons. The summed E-state index contributed by atoms with van der Waals surface area (Å²) >= 11 is 7.83. The van der Waals surface area contributed by atoms with Crippen LogP contribution in [0, 0.1) is 0 Å². The molecule has 2 atom stereocenters. The zero-order chi connectivity index (χ0) is 13.9. The third kappa shape index (κ3) is 2.97. The Morgan fingerprint density at radius 2 is 2.20 bits per heavy atom. The lowest BCUT2D eigenvalue weighted by Gasteiger charge is -2.11. The zero-order valence-corrected chi connectivity index (χ0v) is 12.9. The highest BCUT2D eigenvalue weighted by atomic mass is 35.5. The van der Waals surface area contributed by atoms with Crippen molar-refractivity contribution in [1.82, 2.24) is 4.98 Å². The average Bonchev–Trinajstić information content (AvgIpc) is 3.09. The molecule has 1 aromatic heterocycles. The molecule has 1 aromatic carbocycles. The topological polar surface area (TPSA) is 34.1 Å². The van der Waals surface area contributed by atoms with E-state index in [1.165, 1.54) is 0 Å². The second-order valence-electron chi connectivity index (χ2n) is 5.03. The number of ether oxygens (including phenoxy) is 1. The minimum atomic E-state index is 0.385. The van der Waals surface area contributed by atoms with Gasteiger partial charge in [0.1, 0.15) is 0 Å². The van der Waals surface area contributed by atoms with Crippen molar-refractivity contribution in [3.05, 3.63) is 34.7 Å². The highest BCUT2D eigenvalue weighted by Gasteiger charge is 2.24. The fourth-order valence-corrected chi connectivity index (χ4v) is 3.61. The second-order valence-corrected chi connectivity index (χ2v) is 6.30. The fraction of sp³-hybridized carbons (Fsp3) is 0.400.